The van der Waals surface area contributed by atoms with Gasteiger partial charge in [-0.3, -0.25) is 4.90 Å². The Bertz CT molecular complexity index is 497. The fourth-order valence-electron chi connectivity index (χ4n) is 3.13. The van der Waals surface area contributed by atoms with E-state index in [1.54, 1.807) is 0 Å². The second-order valence-corrected chi connectivity index (χ2v) is 6.04. The van der Waals surface area contributed by atoms with Crippen molar-refractivity contribution < 1.29 is 14.3 Å². The van der Waals surface area contributed by atoms with Crippen LogP contribution >= 0.6 is 0 Å². The molecule has 0 bridgehead atoms. The van der Waals surface area contributed by atoms with Crippen molar-refractivity contribution in [3.63, 3.8) is 0 Å². The Kier molecular flexibility index (Phi) is 5.71. The zero-order valence-electron chi connectivity index (χ0n) is 13.4. The molecule has 0 aliphatic carbocycles. The summed E-state index contributed by atoms with van der Waals surface area (Å²) in [6.07, 6.45) is 2.59. The highest BCUT2D eigenvalue weighted by molar-refractivity contribution is 5.73. The third kappa shape index (κ3) is 4.84. The number of benzene rings is 1. The topological polar surface area (TPSA) is 62.8 Å². The summed E-state index contributed by atoms with van der Waals surface area (Å²) in [4.78, 5) is 14.3. The van der Waals surface area contributed by atoms with Gasteiger partial charge in [0.2, 0.25) is 0 Å². The molecular formula is C17H25N3O3. The Morgan fingerprint density at radius 3 is 3.04 bits per heavy atom. The molecule has 6 heteroatoms. The van der Waals surface area contributed by atoms with Gasteiger partial charge in [0.05, 0.1) is 19.3 Å². The summed E-state index contributed by atoms with van der Waals surface area (Å²) in [5, 5.41) is 5.67. The number of fused-ring (bicyclic) bond motifs is 1. The average Bonchev–Trinajstić information content (AvgIpc) is 3.05. The van der Waals surface area contributed by atoms with E-state index < -0.39 is 0 Å². The average molecular weight is 319 g/mol. The van der Waals surface area contributed by atoms with Gasteiger partial charge in [-0.15, -0.1) is 0 Å². The summed E-state index contributed by atoms with van der Waals surface area (Å²) >= 11 is 0. The Balaban J connectivity index is 1.26. The van der Waals surface area contributed by atoms with Crippen molar-refractivity contribution in [3.8, 4) is 5.75 Å². The van der Waals surface area contributed by atoms with Crippen LogP contribution < -0.4 is 15.4 Å². The summed E-state index contributed by atoms with van der Waals surface area (Å²) < 4.78 is 11.3. The first kappa shape index (κ1) is 16.1. The Morgan fingerprint density at radius 1 is 1.30 bits per heavy atom. The quantitative estimate of drug-likeness (QED) is 0.774. The van der Waals surface area contributed by atoms with Crippen molar-refractivity contribution in [1.82, 2.24) is 15.5 Å². The maximum absolute atomic E-state index is 11.8. The first-order chi connectivity index (χ1) is 11.3. The van der Waals surface area contributed by atoms with Crippen molar-refractivity contribution in [2.45, 2.75) is 25.0 Å². The lowest BCUT2D eigenvalue weighted by Gasteiger charge is -2.35. The molecule has 0 saturated carbocycles. The number of carbonyl (C=O) groups excluding carboxylic acids is 1. The molecule has 0 radical (unpaired) electrons. The number of amides is 2. The van der Waals surface area contributed by atoms with Crippen LogP contribution in [0.4, 0.5) is 4.79 Å². The van der Waals surface area contributed by atoms with Gasteiger partial charge in [0, 0.05) is 19.1 Å². The maximum Gasteiger partial charge on any atom is 0.315 e. The van der Waals surface area contributed by atoms with Crippen LogP contribution in [0.25, 0.3) is 0 Å². The van der Waals surface area contributed by atoms with Gasteiger partial charge >= 0.3 is 6.03 Å². The molecule has 2 saturated heterocycles. The number of para-hydroxylation sites is 1. The normalized spacial score (nSPS) is 24.0. The van der Waals surface area contributed by atoms with Crippen LogP contribution in [0.3, 0.4) is 0 Å². The standard InChI is InChI=1S/C17H25N3O3/c21-17(18-8-10-22-15-6-2-1-3-7-15)19-11-16-12-20-9-4-5-14(20)13-23-16/h1-3,6-7,14,16H,4-5,8-13H2,(H2,18,19,21)/t14-,16-/m1/s1. The molecule has 1 aromatic carbocycles. The summed E-state index contributed by atoms with van der Waals surface area (Å²) in [5.41, 5.74) is 0. The van der Waals surface area contributed by atoms with E-state index in [1.165, 1.54) is 12.8 Å². The molecule has 2 aliphatic heterocycles. The van der Waals surface area contributed by atoms with Crippen molar-refractivity contribution in [1.29, 1.82) is 0 Å². The van der Waals surface area contributed by atoms with Crippen LogP contribution in [0.15, 0.2) is 30.3 Å². The highest BCUT2D eigenvalue weighted by Crippen LogP contribution is 2.22. The largest absolute Gasteiger partial charge is 0.492 e. The van der Waals surface area contributed by atoms with Crippen LogP contribution in [-0.2, 0) is 4.74 Å². The van der Waals surface area contributed by atoms with Gasteiger partial charge in [-0.2, -0.15) is 0 Å². The predicted molar refractivity (Wildman–Crippen MR) is 87.7 cm³/mol. The number of carbonyl (C=O) groups is 1. The number of urea groups is 1. The molecule has 1 aromatic rings. The van der Waals surface area contributed by atoms with Crippen LogP contribution in [-0.4, -0.2) is 62.5 Å². The zero-order chi connectivity index (χ0) is 15.9. The number of rotatable bonds is 6. The van der Waals surface area contributed by atoms with Crippen LogP contribution in [0.1, 0.15) is 12.8 Å². The molecule has 0 unspecified atom stereocenters. The van der Waals surface area contributed by atoms with E-state index >= 15 is 0 Å². The van der Waals surface area contributed by atoms with Gasteiger partial charge in [-0.25, -0.2) is 4.79 Å². The Morgan fingerprint density at radius 2 is 2.17 bits per heavy atom. The van der Waals surface area contributed by atoms with Crippen molar-refractivity contribution >= 4 is 6.03 Å². The number of hydrogen-bond donors (Lipinski definition) is 2. The minimum absolute atomic E-state index is 0.0932. The molecule has 2 fully saturated rings. The van der Waals surface area contributed by atoms with Gasteiger partial charge in [-0.05, 0) is 31.5 Å². The monoisotopic (exact) mass is 319 g/mol. The van der Waals surface area contributed by atoms with Gasteiger partial charge in [0.15, 0.2) is 0 Å². The minimum Gasteiger partial charge on any atom is -0.492 e. The van der Waals surface area contributed by atoms with Crippen LogP contribution in [0.5, 0.6) is 5.75 Å². The summed E-state index contributed by atoms with van der Waals surface area (Å²) in [7, 11) is 0. The molecule has 3 rings (SSSR count). The van der Waals surface area contributed by atoms with E-state index in [0.29, 0.717) is 25.7 Å². The van der Waals surface area contributed by atoms with Crippen molar-refractivity contribution in [3.05, 3.63) is 30.3 Å². The van der Waals surface area contributed by atoms with E-state index in [2.05, 4.69) is 15.5 Å². The lowest BCUT2D eigenvalue weighted by Crippen LogP contribution is -2.51. The highest BCUT2D eigenvalue weighted by atomic mass is 16.5. The number of nitrogens with zero attached hydrogens (tertiary/aromatic N) is 1. The predicted octanol–water partition coefficient (Wildman–Crippen LogP) is 1.23. The number of morpholine rings is 1. The first-order valence-corrected chi connectivity index (χ1v) is 8.36. The van der Waals surface area contributed by atoms with Crippen LogP contribution in [0.2, 0.25) is 0 Å². The summed E-state index contributed by atoms with van der Waals surface area (Å²) in [5.74, 6) is 0.811. The van der Waals surface area contributed by atoms with Gasteiger partial charge < -0.3 is 20.1 Å². The van der Waals surface area contributed by atoms with Crippen molar-refractivity contribution in [2.24, 2.45) is 0 Å². The molecule has 126 valence electrons. The molecule has 2 heterocycles. The Labute approximate surface area is 137 Å². The minimum atomic E-state index is -0.172. The summed E-state index contributed by atoms with van der Waals surface area (Å²) in [6, 6.07) is 9.99. The van der Waals surface area contributed by atoms with E-state index in [-0.39, 0.29) is 12.1 Å². The molecule has 23 heavy (non-hydrogen) atoms. The maximum atomic E-state index is 11.8. The van der Waals surface area contributed by atoms with E-state index in [9.17, 15) is 4.79 Å². The second kappa shape index (κ2) is 8.17. The van der Waals surface area contributed by atoms with Crippen molar-refractivity contribution in [2.75, 3.05) is 39.4 Å². The zero-order valence-corrected chi connectivity index (χ0v) is 13.4. The van der Waals surface area contributed by atoms with E-state index in [4.69, 9.17) is 9.47 Å². The van der Waals surface area contributed by atoms with Gasteiger partial charge in [-0.1, -0.05) is 18.2 Å². The number of nitrogens with one attached hydrogen (secondary N) is 2. The SMILES string of the molecule is O=C(NCCOc1ccccc1)NC[C@@H]1CN2CCC[C@@H]2CO1. The van der Waals surface area contributed by atoms with E-state index in [1.807, 2.05) is 30.3 Å². The molecule has 2 aliphatic rings. The lowest BCUT2D eigenvalue weighted by atomic mass is 10.2. The summed E-state index contributed by atoms with van der Waals surface area (Å²) in [6.45, 7) is 4.34. The third-order valence-electron chi connectivity index (χ3n) is 4.35. The third-order valence-corrected chi connectivity index (χ3v) is 4.35. The fourth-order valence-corrected chi connectivity index (χ4v) is 3.13. The number of hydrogen-bond acceptors (Lipinski definition) is 4. The molecule has 0 aromatic heterocycles. The Hall–Kier alpha value is -1.79. The second-order valence-electron chi connectivity index (χ2n) is 6.04. The number of ether oxygens (including phenoxy) is 2. The molecule has 0 spiro atoms. The molecular weight excluding hydrogens is 294 g/mol. The highest BCUT2D eigenvalue weighted by Gasteiger charge is 2.32. The fraction of sp³-hybridized carbons (Fsp3) is 0.588. The van der Waals surface area contributed by atoms with Gasteiger partial charge in [0.1, 0.15) is 12.4 Å². The molecule has 2 amide bonds. The van der Waals surface area contributed by atoms with Crippen LogP contribution in [0, 0.1) is 0 Å². The first-order valence-electron chi connectivity index (χ1n) is 8.36. The molecule has 6 nitrogen and oxygen atoms in total. The lowest BCUT2D eigenvalue weighted by molar-refractivity contribution is -0.0457. The molecule has 2 atom stereocenters. The smallest absolute Gasteiger partial charge is 0.315 e. The molecule has 2 N–H and O–H groups in total. The van der Waals surface area contributed by atoms with E-state index in [0.717, 1.165) is 25.4 Å². The van der Waals surface area contributed by atoms with Gasteiger partial charge in [0.25, 0.3) is 0 Å².